The molecule has 0 atom stereocenters. The predicted octanol–water partition coefficient (Wildman–Crippen LogP) is 2.04. The van der Waals surface area contributed by atoms with Crippen molar-refractivity contribution in [3.8, 4) is 10.4 Å². The Morgan fingerprint density at radius 1 is 1.23 bits per heavy atom. The molecule has 6 heteroatoms. The van der Waals surface area contributed by atoms with Crippen LogP contribution in [-0.2, 0) is 6.54 Å². The lowest BCUT2D eigenvalue weighted by Crippen LogP contribution is -2.24. The molecule has 0 saturated carbocycles. The number of H-pyrrole nitrogens is 2. The number of aromatic nitrogens is 2. The number of aromatic amines is 2. The number of carbonyl (C=O) groups excluding carboxylic acids is 1. The molecule has 132 valence electrons. The standard InChI is InChI=1S/C20H19N3O2S/c1-3-8-23-11-14-9-13(4-6-16(14)20(23)25)18-7-5-15(26-18)10-17-19(24)22-12(2)21-17/h4-7,9-10,21H,2-3,8,11H2,1H3,(H,22,24)/b17-10+. The number of hydrogen-bond donors (Lipinski definition) is 2. The number of thiophene rings is 1. The van der Waals surface area contributed by atoms with Gasteiger partial charge in [-0.05, 0) is 47.9 Å². The molecule has 1 amide bonds. The first-order valence-electron chi connectivity index (χ1n) is 8.56. The van der Waals surface area contributed by atoms with Crippen LogP contribution in [0, 0.1) is 0 Å². The molecule has 0 saturated heterocycles. The summed E-state index contributed by atoms with van der Waals surface area (Å²) in [6.45, 7) is 7.25. The van der Waals surface area contributed by atoms with Gasteiger partial charge in [-0.15, -0.1) is 11.3 Å². The van der Waals surface area contributed by atoms with Crippen molar-refractivity contribution >= 4 is 29.9 Å². The Morgan fingerprint density at radius 2 is 2.08 bits per heavy atom. The maximum Gasteiger partial charge on any atom is 0.273 e. The summed E-state index contributed by atoms with van der Waals surface area (Å²) in [5, 5.41) is 0.498. The number of benzene rings is 1. The molecule has 26 heavy (non-hydrogen) atoms. The molecule has 5 nitrogen and oxygen atoms in total. The fourth-order valence-corrected chi connectivity index (χ4v) is 4.22. The van der Waals surface area contributed by atoms with Gasteiger partial charge < -0.3 is 14.9 Å². The lowest BCUT2D eigenvalue weighted by atomic mass is 10.1. The molecule has 0 aliphatic carbocycles. The van der Waals surface area contributed by atoms with Crippen LogP contribution < -0.4 is 16.4 Å². The average Bonchev–Trinajstić information content (AvgIpc) is 3.28. The van der Waals surface area contributed by atoms with Gasteiger partial charge in [0.05, 0.1) is 0 Å². The van der Waals surface area contributed by atoms with Gasteiger partial charge in [0.25, 0.3) is 11.5 Å². The first-order valence-corrected chi connectivity index (χ1v) is 9.38. The quantitative estimate of drug-likeness (QED) is 0.743. The van der Waals surface area contributed by atoms with E-state index >= 15 is 0 Å². The van der Waals surface area contributed by atoms with E-state index in [0.717, 1.165) is 39.4 Å². The molecule has 1 aromatic carbocycles. The van der Waals surface area contributed by atoms with Crippen LogP contribution in [0.5, 0.6) is 0 Å². The molecule has 3 heterocycles. The minimum atomic E-state index is -0.169. The normalized spacial score (nSPS) is 14.3. The zero-order valence-corrected chi connectivity index (χ0v) is 15.3. The maximum absolute atomic E-state index is 12.4. The van der Waals surface area contributed by atoms with Gasteiger partial charge in [0.1, 0.15) is 10.8 Å². The third kappa shape index (κ3) is 2.93. The highest BCUT2D eigenvalue weighted by molar-refractivity contribution is 7.16. The number of imidazole rings is 1. The Balaban J connectivity index is 1.66. The zero-order chi connectivity index (χ0) is 18.3. The van der Waals surface area contributed by atoms with Crippen molar-refractivity contribution in [2.45, 2.75) is 19.9 Å². The fraction of sp³-hybridized carbons (Fsp3) is 0.200. The zero-order valence-electron chi connectivity index (χ0n) is 14.5. The van der Waals surface area contributed by atoms with Gasteiger partial charge in [-0.1, -0.05) is 19.6 Å². The van der Waals surface area contributed by atoms with E-state index in [4.69, 9.17) is 0 Å². The van der Waals surface area contributed by atoms with E-state index in [1.807, 2.05) is 35.2 Å². The van der Waals surface area contributed by atoms with Gasteiger partial charge in [-0.25, -0.2) is 0 Å². The summed E-state index contributed by atoms with van der Waals surface area (Å²) in [5.41, 5.74) is 3.32. The van der Waals surface area contributed by atoms with Crippen LogP contribution in [0.4, 0.5) is 0 Å². The minimum absolute atomic E-state index is 0.128. The molecule has 2 aromatic heterocycles. The van der Waals surface area contributed by atoms with Crippen molar-refractivity contribution < 1.29 is 4.79 Å². The molecule has 0 fully saturated rings. The number of nitrogens with zero attached hydrogens (tertiary/aromatic N) is 1. The van der Waals surface area contributed by atoms with Crippen molar-refractivity contribution in [2.24, 2.45) is 0 Å². The summed E-state index contributed by atoms with van der Waals surface area (Å²) in [6, 6.07) is 10.1. The minimum Gasteiger partial charge on any atom is -0.338 e. The van der Waals surface area contributed by atoms with Crippen LogP contribution in [0.3, 0.4) is 0 Å². The molecule has 0 spiro atoms. The molecule has 0 bridgehead atoms. The monoisotopic (exact) mass is 365 g/mol. The molecule has 1 aliphatic rings. The van der Waals surface area contributed by atoms with Crippen molar-refractivity contribution in [3.05, 3.63) is 67.5 Å². The fourth-order valence-electron chi connectivity index (χ4n) is 3.27. The number of carbonyl (C=O) groups is 1. The Kier molecular flexibility index (Phi) is 4.12. The Hall–Kier alpha value is -2.86. The number of amides is 1. The largest absolute Gasteiger partial charge is 0.338 e. The number of hydrogen-bond acceptors (Lipinski definition) is 3. The van der Waals surface area contributed by atoms with Gasteiger partial charge >= 0.3 is 0 Å². The topological polar surface area (TPSA) is 69.0 Å². The Bertz CT molecular complexity index is 1150. The van der Waals surface area contributed by atoms with Gasteiger partial charge in [0, 0.05) is 28.4 Å². The highest BCUT2D eigenvalue weighted by Crippen LogP contribution is 2.32. The first-order chi connectivity index (χ1) is 12.5. The van der Waals surface area contributed by atoms with E-state index in [-0.39, 0.29) is 11.5 Å². The summed E-state index contributed by atoms with van der Waals surface area (Å²) in [4.78, 5) is 33.7. The van der Waals surface area contributed by atoms with Gasteiger partial charge in [-0.2, -0.15) is 0 Å². The van der Waals surface area contributed by atoms with E-state index in [1.54, 1.807) is 11.3 Å². The summed E-state index contributed by atoms with van der Waals surface area (Å²) < 4.78 is 0. The number of fused-ring (bicyclic) bond motifs is 1. The van der Waals surface area contributed by atoms with Gasteiger partial charge in [0.15, 0.2) is 0 Å². The molecule has 3 aromatic rings. The number of rotatable bonds is 4. The second-order valence-corrected chi connectivity index (χ2v) is 7.53. The van der Waals surface area contributed by atoms with Crippen LogP contribution in [0.25, 0.3) is 23.1 Å². The molecule has 2 N–H and O–H groups in total. The smallest absolute Gasteiger partial charge is 0.273 e. The summed E-state index contributed by atoms with van der Waals surface area (Å²) in [7, 11) is 0. The molecule has 4 rings (SSSR count). The predicted molar refractivity (Wildman–Crippen MR) is 105 cm³/mol. The first kappa shape index (κ1) is 16.6. The van der Waals surface area contributed by atoms with E-state index in [2.05, 4.69) is 29.5 Å². The van der Waals surface area contributed by atoms with Crippen molar-refractivity contribution in [3.63, 3.8) is 0 Å². The van der Waals surface area contributed by atoms with Gasteiger partial charge in [-0.3, -0.25) is 9.59 Å². The van der Waals surface area contributed by atoms with Crippen LogP contribution in [0.15, 0.2) is 35.1 Å². The van der Waals surface area contributed by atoms with Crippen LogP contribution >= 0.6 is 11.3 Å². The molecular formula is C20H19N3O2S. The van der Waals surface area contributed by atoms with E-state index in [9.17, 15) is 9.59 Å². The Labute approximate surface area is 154 Å². The van der Waals surface area contributed by atoms with Crippen molar-refractivity contribution in [1.82, 2.24) is 14.9 Å². The number of nitrogens with one attached hydrogen (secondary N) is 2. The molecule has 0 radical (unpaired) electrons. The summed E-state index contributed by atoms with van der Waals surface area (Å²) in [6.07, 6.45) is 2.78. The highest BCUT2D eigenvalue weighted by atomic mass is 32.1. The highest BCUT2D eigenvalue weighted by Gasteiger charge is 2.26. The Morgan fingerprint density at radius 3 is 2.81 bits per heavy atom. The second-order valence-electron chi connectivity index (χ2n) is 6.42. The summed E-state index contributed by atoms with van der Waals surface area (Å²) >= 11 is 1.61. The van der Waals surface area contributed by atoms with Crippen LogP contribution in [0.2, 0.25) is 0 Å². The van der Waals surface area contributed by atoms with Crippen molar-refractivity contribution in [2.75, 3.05) is 6.54 Å². The van der Waals surface area contributed by atoms with Crippen LogP contribution in [-0.4, -0.2) is 27.3 Å². The van der Waals surface area contributed by atoms with E-state index < -0.39 is 0 Å². The lowest BCUT2D eigenvalue weighted by Gasteiger charge is -2.13. The third-order valence-corrected chi connectivity index (χ3v) is 5.55. The van der Waals surface area contributed by atoms with E-state index in [1.165, 1.54) is 0 Å². The molecular weight excluding hydrogens is 346 g/mol. The summed E-state index contributed by atoms with van der Waals surface area (Å²) in [5.74, 6) is 0.128. The SMILES string of the molecule is C=c1[nH]c(=O)/c(=C\c2ccc(-c3ccc4c(c3)CN(CCC)C4=O)s2)[nH]1. The second kappa shape index (κ2) is 6.46. The van der Waals surface area contributed by atoms with E-state index in [0.29, 0.717) is 17.4 Å². The van der Waals surface area contributed by atoms with Gasteiger partial charge in [0.2, 0.25) is 0 Å². The molecule has 1 aliphatic heterocycles. The average molecular weight is 365 g/mol. The molecule has 0 unspecified atom stereocenters. The van der Waals surface area contributed by atoms with Crippen molar-refractivity contribution in [1.29, 1.82) is 0 Å². The maximum atomic E-state index is 12.4. The van der Waals surface area contributed by atoms with Crippen LogP contribution in [0.1, 0.15) is 34.1 Å². The lowest BCUT2D eigenvalue weighted by molar-refractivity contribution is 0.0778. The third-order valence-electron chi connectivity index (χ3n) is 4.47.